The topological polar surface area (TPSA) is 38.3 Å². The van der Waals surface area contributed by atoms with Crippen molar-refractivity contribution in [3.05, 3.63) is 62.1 Å². The fourth-order valence-corrected chi connectivity index (χ4v) is 3.51. The van der Waals surface area contributed by atoms with E-state index in [4.69, 9.17) is 39.5 Å². The first-order valence-corrected chi connectivity index (χ1v) is 10.3. The average Bonchev–Trinajstić information content (AvgIpc) is 2.60. The first-order valence-electron chi connectivity index (χ1n) is 8.04. The Morgan fingerprint density at radius 3 is 2.42 bits per heavy atom. The van der Waals surface area contributed by atoms with E-state index in [1.165, 1.54) is 0 Å². The predicted molar refractivity (Wildman–Crippen MR) is 112 cm³/mol. The van der Waals surface area contributed by atoms with E-state index in [0.29, 0.717) is 22.3 Å². The SMILES string of the molecule is Cc1cc(OCC(=O)NCCSCc2ccc(Cl)c(Cl)c2)cc(C)c1Cl. The van der Waals surface area contributed by atoms with Gasteiger partial charge in [0.05, 0.1) is 10.0 Å². The Morgan fingerprint density at radius 2 is 1.77 bits per heavy atom. The molecule has 0 fully saturated rings. The summed E-state index contributed by atoms with van der Waals surface area (Å²) < 4.78 is 5.53. The molecule has 0 spiro atoms. The molecule has 0 saturated carbocycles. The highest BCUT2D eigenvalue weighted by Crippen LogP contribution is 2.26. The number of benzene rings is 2. The van der Waals surface area contributed by atoms with E-state index in [1.54, 1.807) is 17.8 Å². The maximum absolute atomic E-state index is 11.9. The van der Waals surface area contributed by atoms with E-state index < -0.39 is 0 Å². The molecule has 2 aromatic carbocycles. The number of ether oxygens (including phenoxy) is 1. The highest BCUT2D eigenvalue weighted by molar-refractivity contribution is 7.98. The number of carbonyl (C=O) groups is 1. The highest BCUT2D eigenvalue weighted by atomic mass is 35.5. The van der Waals surface area contributed by atoms with Crippen LogP contribution in [0.2, 0.25) is 15.1 Å². The lowest BCUT2D eigenvalue weighted by molar-refractivity contribution is -0.122. The molecular formula is C19H20Cl3NO2S. The van der Waals surface area contributed by atoms with Crippen molar-refractivity contribution in [1.29, 1.82) is 0 Å². The van der Waals surface area contributed by atoms with Crippen molar-refractivity contribution in [2.75, 3.05) is 18.9 Å². The second-order valence-electron chi connectivity index (χ2n) is 5.81. The summed E-state index contributed by atoms with van der Waals surface area (Å²) in [6.07, 6.45) is 0. The molecule has 0 aliphatic rings. The van der Waals surface area contributed by atoms with Crippen molar-refractivity contribution in [3.8, 4) is 5.75 Å². The number of amides is 1. The largest absolute Gasteiger partial charge is 0.484 e. The van der Waals surface area contributed by atoms with E-state index in [2.05, 4.69) is 5.32 Å². The minimum Gasteiger partial charge on any atom is -0.484 e. The van der Waals surface area contributed by atoms with Gasteiger partial charge in [0.2, 0.25) is 0 Å². The first kappa shape index (κ1) is 21.2. The van der Waals surface area contributed by atoms with Crippen LogP contribution in [0.5, 0.6) is 5.75 Å². The Hall–Kier alpha value is -1.07. The molecule has 2 rings (SSSR count). The molecule has 1 amide bonds. The molecule has 0 aliphatic heterocycles. The Balaban J connectivity index is 1.65. The molecule has 0 atom stereocenters. The third-order valence-electron chi connectivity index (χ3n) is 3.60. The zero-order valence-electron chi connectivity index (χ0n) is 14.6. The molecule has 0 aliphatic carbocycles. The van der Waals surface area contributed by atoms with Gasteiger partial charge in [-0.25, -0.2) is 0 Å². The Kier molecular flexibility index (Phi) is 8.42. The lowest BCUT2D eigenvalue weighted by Crippen LogP contribution is -2.30. The van der Waals surface area contributed by atoms with Gasteiger partial charge in [0, 0.05) is 23.1 Å². The second-order valence-corrected chi connectivity index (χ2v) is 8.11. The molecular weight excluding hydrogens is 413 g/mol. The molecule has 0 radical (unpaired) electrons. The lowest BCUT2D eigenvalue weighted by Gasteiger charge is -2.10. The van der Waals surface area contributed by atoms with Gasteiger partial charge in [-0.3, -0.25) is 4.79 Å². The minimum atomic E-state index is -0.148. The summed E-state index contributed by atoms with van der Waals surface area (Å²) in [6, 6.07) is 9.26. The smallest absolute Gasteiger partial charge is 0.257 e. The van der Waals surface area contributed by atoms with Gasteiger partial charge in [0.25, 0.3) is 5.91 Å². The number of aryl methyl sites for hydroxylation is 2. The fourth-order valence-electron chi connectivity index (χ4n) is 2.27. The van der Waals surface area contributed by atoms with Crippen LogP contribution < -0.4 is 10.1 Å². The minimum absolute atomic E-state index is 0.0159. The van der Waals surface area contributed by atoms with Crippen molar-refractivity contribution in [2.24, 2.45) is 0 Å². The number of hydrogen-bond donors (Lipinski definition) is 1. The Labute approximate surface area is 173 Å². The van der Waals surface area contributed by atoms with Gasteiger partial charge in [-0.15, -0.1) is 0 Å². The normalized spacial score (nSPS) is 10.7. The van der Waals surface area contributed by atoms with Crippen LogP contribution in [-0.2, 0) is 10.5 Å². The number of thioether (sulfide) groups is 1. The monoisotopic (exact) mass is 431 g/mol. The van der Waals surface area contributed by atoms with Crippen LogP contribution in [0.3, 0.4) is 0 Å². The van der Waals surface area contributed by atoms with E-state index in [9.17, 15) is 4.79 Å². The van der Waals surface area contributed by atoms with Crippen LogP contribution in [0.4, 0.5) is 0 Å². The number of nitrogens with one attached hydrogen (secondary N) is 1. The van der Waals surface area contributed by atoms with Crippen molar-refractivity contribution in [3.63, 3.8) is 0 Å². The summed E-state index contributed by atoms with van der Waals surface area (Å²) in [5, 5.41) is 4.68. The van der Waals surface area contributed by atoms with Crippen LogP contribution in [0.25, 0.3) is 0 Å². The van der Waals surface area contributed by atoms with Crippen molar-refractivity contribution < 1.29 is 9.53 Å². The zero-order valence-corrected chi connectivity index (χ0v) is 17.7. The van der Waals surface area contributed by atoms with Gasteiger partial charge < -0.3 is 10.1 Å². The molecule has 0 heterocycles. The molecule has 26 heavy (non-hydrogen) atoms. The van der Waals surface area contributed by atoms with E-state index >= 15 is 0 Å². The average molecular weight is 433 g/mol. The molecule has 140 valence electrons. The molecule has 7 heteroatoms. The van der Waals surface area contributed by atoms with Gasteiger partial charge in [0.1, 0.15) is 5.75 Å². The summed E-state index contributed by atoms with van der Waals surface area (Å²) in [6.45, 7) is 4.38. The molecule has 0 bridgehead atoms. The fraction of sp³-hybridized carbons (Fsp3) is 0.316. The number of carbonyl (C=O) groups excluding carboxylic acids is 1. The van der Waals surface area contributed by atoms with Crippen molar-refractivity contribution in [2.45, 2.75) is 19.6 Å². The van der Waals surface area contributed by atoms with Crippen molar-refractivity contribution in [1.82, 2.24) is 5.32 Å². The molecule has 0 saturated heterocycles. The summed E-state index contributed by atoms with van der Waals surface area (Å²) in [5.74, 6) is 2.11. The predicted octanol–water partition coefficient (Wildman–Crippen LogP) is 5.69. The Bertz CT molecular complexity index is 760. The van der Waals surface area contributed by atoms with Crippen LogP contribution in [-0.4, -0.2) is 24.8 Å². The van der Waals surface area contributed by atoms with Crippen LogP contribution >= 0.6 is 46.6 Å². The van der Waals surface area contributed by atoms with Gasteiger partial charge >= 0.3 is 0 Å². The number of hydrogen-bond acceptors (Lipinski definition) is 3. The molecule has 1 N–H and O–H groups in total. The Morgan fingerprint density at radius 1 is 1.08 bits per heavy atom. The number of rotatable bonds is 8. The standard InChI is InChI=1S/C19H20Cl3NO2S/c1-12-7-15(8-13(2)19(12)22)25-10-18(24)23-5-6-26-11-14-3-4-16(20)17(21)9-14/h3-4,7-9H,5-6,10-11H2,1-2H3,(H,23,24). The van der Waals surface area contributed by atoms with Gasteiger partial charge in [0.15, 0.2) is 6.61 Å². The maximum atomic E-state index is 11.9. The summed E-state index contributed by atoms with van der Waals surface area (Å²) in [4.78, 5) is 11.9. The number of halogens is 3. The van der Waals surface area contributed by atoms with Crippen molar-refractivity contribution >= 4 is 52.5 Å². The highest BCUT2D eigenvalue weighted by Gasteiger charge is 2.06. The third-order valence-corrected chi connectivity index (χ3v) is 5.97. The van der Waals surface area contributed by atoms with Crippen LogP contribution in [0.1, 0.15) is 16.7 Å². The summed E-state index contributed by atoms with van der Waals surface area (Å²) >= 11 is 19.7. The third kappa shape index (κ3) is 6.58. The molecule has 0 unspecified atom stereocenters. The van der Waals surface area contributed by atoms with Gasteiger partial charge in [-0.05, 0) is 54.8 Å². The lowest BCUT2D eigenvalue weighted by atomic mass is 10.1. The zero-order chi connectivity index (χ0) is 19.1. The summed E-state index contributed by atoms with van der Waals surface area (Å²) in [5.41, 5.74) is 2.97. The quantitative estimate of drug-likeness (QED) is 0.544. The molecule has 0 aromatic heterocycles. The molecule has 3 nitrogen and oxygen atoms in total. The van der Waals surface area contributed by atoms with E-state index in [0.717, 1.165) is 33.2 Å². The molecule has 2 aromatic rings. The van der Waals surface area contributed by atoms with Gasteiger partial charge in [-0.2, -0.15) is 11.8 Å². The van der Waals surface area contributed by atoms with E-state index in [-0.39, 0.29) is 12.5 Å². The van der Waals surface area contributed by atoms with E-state index in [1.807, 2.05) is 38.1 Å². The van der Waals surface area contributed by atoms with Crippen LogP contribution in [0.15, 0.2) is 30.3 Å². The van der Waals surface area contributed by atoms with Crippen LogP contribution in [0, 0.1) is 13.8 Å². The first-order chi connectivity index (χ1) is 12.4. The second kappa shape index (κ2) is 10.3. The van der Waals surface area contributed by atoms with Gasteiger partial charge in [-0.1, -0.05) is 40.9 Å². The summed E-state index contributed by atoms with van der Waals surface area (Å²) in [7, 11) is 0. The maximum Gasteiger partial charge on any atom is 0.257 e.